The molecule has 0 amide bonds. The van der Waals surface area contributed by atoms with E-state index >= 15 is 0 Å². The van der Waals surface area contributed by atoms with Crippen LogP contribution in [0.15, 0.2) is 33.6 Å². The topological polar surface area (TPSA) is 69.9 Å². The van der Waals surface area contributed by atoms with Gasteiger partial charge in [0.25, 0.3) is 0 Å². The van der Waals surface area contributed by atoms with Crippen LogP contribution >= 0.6 is 0 Å². The van der Waals surface area contributed by atoms with Crippen LogP contribution in [0.5, 0.6) is 0 Å². The zero-order valence-electron chi connectivity index (χ0n) is 10.1. The highest BCUT2D eigenvalue weighted by atomic mass is 16.5. The molecule has 0 N–H and O–H groups in total. The lowest BCUT2D eigenvalue weighted by atomic mass is 10.3. The first kappa shape index (κ1) is 10.8. The molecule has 0 radical (unpaired) electrons. The van der Waals surface area contributed by atoms with Gasteiger partial charge >= 0.3 is 0 Å². The number of aryl methyl sites for hydroxylation is 2. The molecule has 0 bridgehead atoms. The lowest BCUT2D eigenvalue weighted by molar-refractivity contribution is 0.364. The van der Waals surface area contributed by atoms with E-state index in [-0.39, 0.29) is 0 Å². The van der Waals surface area contributed by atoms with Crippen molar-refractivity contribution in [1.29, 1.82) is 0 Å². The molecule has 0 aromatic carbocycles. The maximum absolute atomic E-state index is 5.19. The van der Waals surface area contributed by atoms with Gasteiger partial charge in [-0.2, -0.15) is 10.1 Å². The molecule has 0 aliphatic heterocycles. The molecule has 0 saturated heterocycles. The van der Waals surface area contributed by atoms with Crippen molar-refractivity contribution in [3.05, 3.63) is 41.9 Å². The van der Waals surface area contributed by atoms with E-state index in [1.165, 1.54) is 0 Å². The number of hydrogen-bond acceptors (Lipinski definition) is 5. The fourth-order valence-corrected chi connectivity index (χ4v) is 1.79. The van der Waals surface area contributed by atoms with Crippen LogP contribution in [-0.4, -0.2) is 19.9 Å². The minimum absolute atomic E-state index is 0.477. The van der Waals surface area contributed by atoms with Gasteiger partial charge in [-0.25, -0.2) is 0 Å². The molecule has 3 rings (SSSR count). The Morgan fingerprint density at radius 3 is 2.89 bits per heavy atom. The van der Waals surface area contributed by atoms with Gasteiger partial charge in [0, 0.05) is 5.69 Å². The zero-order valence-corrected chi connectivity index (χ0v) is 10.1. The third-order valence-corrected chi connectivity index (χ3v) is 2.64. The van der Waals surface area contributed by atoms with Gasteiger partial charge < -0.3 is 8.94 Å². The molecule has 3 aromatic heterocycles. The largest absolute Gasteiger partial charge is 0.472 e. The van der Waals surface area contributed by atoms with Crippen LogP contribution in [0.3, 0.4) is 0 Å². The Balaban J connectivity index is 1.84. The van der Waals surface area contributed by atoms with Crippen LogP contribution in [0.4, 0.5) is 0 Å². The molecule has 6 heteroatoms. The Hall–Kier alpha value is -2.37. The number of furan rings is 1. The maximum atomic E-state index is 5.19. The third-order valence-electron chi connectivity index (χ3n) is 2.64. The van der Waals surface area contributed by atoms with Crippen LogP contribution in [0.25, 0.3) is 11.4 Å². The summed E-state index contributed by atoms with van der Waals surface area (Å²) in [5, 5.41) is 8.25. The Bertz CT molecular complexity index is 651. The number of nitrogens with zero attached hydrogens (tertiary/aromatic N) is 4. The summed E-state index contributed by atoms with van der Waals surface area (Å²) in [5.74, 6) is 1.05. The summed E-state index contributed by atoms with van der Waals surface area (Å²) in [6.45, 7) is 4.42. The van der Waals surface area contributed by atoms with Gasteiger partial charge in [-0.1, -0.05) is 5.16 Å². The highest BCUT2D eigenvalue weighted by molar-refractivity contribution is 5.51. The summed E-state index contributed by atoms with van der Waals surface area (Å²) in [6, 6.07) is 3.80. The van der Waals surface area contributed by atoms with Crippen molar-refractivity contribution < 1.29 is 8.94 Å². The SMILES string of the molecule is Cc1cc(C)n(Cc2nc(-c3ccoc3)no2)n1. The smallest absolute Gasteiger partial charge is 0.248 e. The number of rotatable bonds is 3. The van der Waals surface area contributed by atoms with Crippen LogP contribution < -0.4 is 0 Å². The van der Waals surface area contributed by atoms with Crippen molar-refractivity contribution in [2.24, 2.45) is 0 Å². The molecular weight excluding hydrogens is 232 g/mol. The van der Waals surface area contributed by atoms with Gasteiger partial charge in [-0.3, -0.25) is 4.68 Å². The van der Waals surface area contributed by atoms with Crippen molar-refractivity contribution in [1.82, 2.24) is 19.9 Å². The number of aromatic nitrogens is 4. The summed E-state index contributed by atoms with van der Waals surface area (Å²) in [7, 11) is 0. The second kappa shape index (κ2) is 4.14. The fraction of sp³-hybridized carbons (Fsp3) is 0.250. The average Bonchev–Trinajstić information content (AvgIpc) is 3.02. The van der Waals surface area contributed by atoms with Crippen molar-refractivity contribution in [2.45, 2.75) is 20.4 Å². The first-order valence-corrected chi connectivity index (χ1v) is 5.58. The second-order valence-electron chi connectivity index (χ2n) is 4.11. The van der Waals surface area contributed by atoms with Crippen LogP contribution in [0.1, 0.15) is 17.3 Å². The van der Waals surface area contributed by atoms with E-state index in [9.17, 15) is 0 Å². The standard InChI is InChI=1S/C12H12N4O2/c1-8-5-9(2)16(14-8)6-11-13-12(15-18-11)10-3-4-17-7-10/h3-5,7H,6H2,1-2H3. The molecule has 3 heterocycles. The summed E-state index contributed by atoms with van der Waals surface area (Å²) < 4.78 is 12.0. The first-order chi connectivity index (χ1) is 8.72. The third kappa shape index (κ3) is 1.92. The lowest BCUT2D eigenvalue weighted by Crippen LogP contribution is -2.04. The Morgan fingerprint density at radius 2 is 2.22 bits per heavy atom. The minimum atomic E-state index is 0.477. The fourth-order valence-electron chi connectivity index (χ4n) is 1.79. The Kier molecular flexibility index (Phi) is 2.47. The van der Waals surface area contributed by atoms with Crippen LogP contribution in [0.2, 0.25) is 0 Å². The predicted molar refractivity (Wildman–Crippen MR) is 62.8 cm³/mol. The molecule has 0 aliphatic carbocycles. The monoisotopic (exact) mass is 244 g/mol. The van der Waals surface area contributed by atoms with E-state index < -0.39 is 0 Å². The highest BCUT2D eigenvalue weighted by Crippen LogP contribution is 2.16. The molecule has 6 nitrogen and oxygen atoms in total. The van der Waals surface area contributed by atoms with E-state index in [1.54, 1.807) is 18.6 Å². The number of hydrogen-bond donors (Lipinski definition) is 0. The van der Waals surface area contributed by atoms with E-state index in [0.29, 0.717) is 18.3 Å². The molecule has 3 aromatic rings. The molecule has 0 saturated carbocycles. The van der Waals surface area contributed by atoms with E-state index in [1.807, 2.05) is 24.6 Å². The molecule has 0 unspecified atom stereocenters. The van der Waals surface area contributed by atoms with Gasteiger partial charge in [0.2, 0.25) is 11.7 Å². The van der Waals surface area contributed by atoms with E-state index in [2.05, 4.69) is 15.2 Å². The molecule has 0 atom stereocenters. The summed E-state index contributed by atoms with van der Waals surface area (Å²) >= 11 is 0. The highest BCUT2D eigenvalue weighted by Gasteiger charge is 2.11. The van der Waals surface area contributed by atoms with Gasteiger partial charge in [-0.15, -0.1) is 0 Å². The Morgan fingerprint density at radius 1 is 1.33 bits per heavy atom. The van der Waals surface area contributed by atoms with E-state index in [4.69, 9.17) is 8.94 Å². The summed E-state index contributed by atoms with van der Waals surface area (Å²) in [6.07, 6.45) is 3.16. The Labute approximate surface area is 103 Å². The van der Waals surface area contributed by atoms with Gasteiger partial charge in [0.05, 0.1) is 17.5 Å². The van der Waals surface area contributed by atoms with Gasteiger partial charge in [0.1, 0.15) is 12.8 Å². The zero-order chi connectivity index (χ0) is 12.5. The lowest BCUT2D eigenvalue weighted by Gasteiger charge is -1.98. The molecular formula is C12H12N4O2. The predicted octanol–water partition coefficient (Wildman–Crippen LogP) is 2.19. The van der Waals surface area contributed by atoms with Crippen molar-refractivity contribution >= 4 is 0 Å². The van der Waals surface area contributed by atoms with Crippen LogP contribution in [-0.2, 0) is 6.54 Å². The average molecular weight is 244 g/mol. The molecule has 18 heavy (non-hydrogen) atoms. The molecule has 0 aliphatic rings. The van der Waals surface area contributed by atoms with E-state index in [0.717, 1.165) is 17.0 Å². The van der Waals surface area contributed by atoms with Gasteiger partial charge in [-0.05, 0) is 26.0 Å². The van der Waals surface area contributed by atoms with Crippen molar-refractivity contribution in [3.63, 3.8) is 0 Å². The maximum Gasteiger partial charge on any atom is 0.248 e. The summed E-state index contributed by atoms with van der Waals surface area (Å²) in [4.78, 5) is 4.30. The normalized spacial score (nSPS) is 11.0. The molecule has 0 spiro atoms. The van der Waals surface area contributed by atoms with Crippen LogP contribution in [0, 0.1) is 13.8 Å². The molecule has 92 valence electrons. The van der Waals surface area contributed by atoms with Crippen molar-refractivity contribution in [2.75, 3.05) is 0 Å². The minimum Gasteiger partial charge on any atom is -0.472 e. The summed E-state index contributed by atoms with van der Waals surface area (Å²) in [5.41, 5.74) is 2.84. The van der Waals surface area contributed by atoms with Crippen molar-refractivity contribution in [3.8, 4) is 11.4 Å². The van der Waals surface area contributed by atoms with Gasteiger partial charge in [0.15, 0.2) is 0 Å². The first-order valence-electron chi connectivity index (χ1n) is 5.58. The molecule has 0 fully saturated rings. The second-order valence-corrected chi connectivity index (χ2v) is 4.11. The quantitative estimate of drug-likeness (QED) is 0.706.